The maximum atomic E-state index is 13.4. The third-order valence-electron chi connectivity index (χ3n) is 4.33. The molecule has 0 bridgehead atoms. The highest BCUT2D eigenvalue weighted by molar-refractivity contribution is 5.94. The molecule has 0 spiro atoms. The molecule has 0 unspecified atom stereocenters. The molecule has 2 aromatic carbocycles. The highest BCUT2D eigenvalue weighted by Crippen LogP contribution is 2.34. The zero-order valence-corrected chi connectivity index (χ0v) is 14.9. The van der Waals surface area contributed by atoms with Crippen molar-refractivity contribution in [3.8, 4) is 11.5 Å². The molecule has 0 aromatic heterocycles. The molecule has 1 amide bonds. The van der Waals surface area contributed by atoms with Crippen LogP contribution in [0.3, 0.4) is 0 Å². The molecule has 1 aliphatic rings. The molecule has 0 aliphatic carbocycles. The number of amides is 1. The summed E-state index contributed by atoms with van der Waals surface area (Å²) in [5, 5.41) is 0. The third kappa shape index (κ3) is 3.64. The number of nitrogens with zero attached hydrogens (tertiary/aromatic N) is 1. The van der Waals surface area contributed by atoms with E-state index >= 15 is 0 Å². The SMILES string of the molecule is CCOc1cc2c(cc1OCC)CN(C(=O)c1ccc(F)c(F)c1)CC2. The number of carbonyl (C=O) groups excluding carboxylic acids is 1. The minimum atomic E-state index is -1.02. The van der Waals surface area contributed by atoms with Crippen molar-refractivity contribution in [1.29, 1.82) is 0 Å². The average Bonchev–Trinajstić information content (AvgIpc) is 2.64. The van der Waals surface area contributed by atoms with E-state index < -0.39 is 11.6 Å². The second-order valence-electron chi connectivity index (χ2n) is 6.04. The smallest absolute Gasteiger partial charge is 0.254 e. The van der Waals surface area contributed by atoms with E-state index in [1.165, 1.54) is 6.07 Å². The van der Waals surface area contributed by atoms with Gasteiger partial charge in [-0.3, -0.25) is 4.79 Å². The second-order valence-corrected chi connectivity index (χ2v) is 6.04. The van der Waals surface area contributed by atoms with Gasteiger partial charge in [-0.25, -0.2) is 8.78 Å². The lowest BCUT2D eigenvalue weighted by atomic mass is 9.98. The van der Waals surface area contributed by atoms with Crippen LogP contribution in [0.1, 0.15) is 35.3 Å². The summed E-state index contributed by atoms with van der Waals surface area (Å²) in [6, 6.07) is 7.08. The predicted octanol–water partition coefficient (Wildman–Crippen LogP) is 3.96. The van der Waals surface area contributed by atoms with Gasteiger partial charge < -0.3 is 14.4 Å². The van der Waals surface area contributed by atoms with Crippen LogP contribution in [0.4, 0.5) is 8.78 Å². The number of carbonyl (C=O) groups is 1. The lowest BCUT2D eigenvalue weighted by Gasteiger charge is -2.30. The Morgan fingerprint density at radius 2 is 1.65 bits per heavy atom. The first-order valence-electron chi connectivity index (χ1n) is 8.69. The van der Waals surface area contributed by atoms with Crippen molar-refractivity contribution >= 4 is 5.91 Å². The van der Waals surface area contributed by atoms with Crippen LogP contribution in [-0.2, 0) is 13.0 Å². The van der Waals surface area contributed by atoms with E-state index in [1.54, 1.807) is 4.90 Å². The quantitative estimate of drug-likeness (QED) is 0.809. The Bertz CT molecular complexity index is 823. The van der Waals surface area contributed by atoms with Gasteiger partial charge in [-0.1, -0.05) is 0 Å². The predicted molar refractivity (Wildman–Crippen MR) is 93.6 cm³/mol. The van der Waals surface area contributed by atoms with E-state index in [-0.39, 0.29) is 11.5 Å². The van der Waals surface area contributed by atoms with Crippen LogP contribution in [-0.4, -0.2) is 30.6 Å². The van der Waals surface area contributed by atoms with Gasteiger partial charge in [0.25, 0.3) is 5.91 Å². The van der Waals surface area contributed by atoms with Crippen molar-refractivity contribution in [3.63, 3.8) is 0 Å². The molecule has 1 aliphatic heterocycles. The molecular formula is C20H21F2NO3. The Balaban J connectivity index is 1.85. The summed E-state index contributed by atoms with van der Waals surface area (Å²) in [6.07, 6.45) is 0.664. The molecule has 1 heterocycles. The fraction of sp³-hybridized carbons (Fsp3) is 0.350. The molecule has 0 fully saturated rings. The summed E-state index contributed by atoms with van der Waals surface area (Å²) in [5.74, 6) is -0.950. The maximum Gasteiger partial charge on any atom is 0.254 e. The molecule has 6 heteroatoms. The molecular weight excluding hydrogens is 340 g/mol. The Morgan fingerprint density at radius 1 is 1.00 bits per heavy atom. The van der Waals surface area contributed by atoms with Crippen molar-refractivity contribution in [2.45, 2.75) is 26.8 Å². The Hall–Kier alpha value is -2.63. The van der Waals surface area contributed by atoms with E-state index in [2.05, 4.69) is 0 Å². The van der Waals surface area contributed by atoms with Crippen molar-refractivity contribution in [1.82, 2.24) is 4.90 Å². The first-order chi connectivity index (χ1) is 12.5. The lowest BCUT2D eigenvalue weighted by molar-refractivity contribution is 0.0733. The molecule has 0 N–H and O–H groups in total. The first-order valence-corrected chi connectivity index (χ1v) is 8.69. The summed E-state index contributed by atoms with van der Waals surface area (Å²) < 4.78 is 37.8. The molecule has 0 atom stereocenters. The van der Waals surface area contributed by atoms with Crippen molar-refractivity contribution in [3.05, 3.63) is 58.7 Å². The summed E-state index contributed by atoms with van der Waals surface area (Å²) in [5.41, 5.74) is 2.22. The van der Waals surface area contributed by atoms with Gasteiger partial charge in [-0.15, -0.1) is 0 Å². The van der Waals surface area contributed by atoms with E-state index in [4.69, 9.17) is 9.47 Å². The minimum Gasteiger partial charge on any atom is -0.490 e. The summed E-state index contributed by atoms with van der Waals surface area (Å²) in [4.78, 5) is 14.3. The van der Waals surface area contributed by atoms with E-state index in [1.807, 2.05) is 26.0 Å². The fourth-order valence-electron chi connectivity index (χ4n) is 3.09. The largest absolute Gasteiger partial charge is 0.490 e. The zero-order chi connectivity index (χ0) is 18.7. The van der Waals surface area contributed by atoms with Gasteiger partial charge >= 0.3 is 0 Å². The van der Waals surface area contributed by atoms with Crippen molar-refractivity contribution < 1.29 is 23.0 Å². The fourth-order valence-corrected chi connectivity index (χ4v) is 3.09. The molecule has 0 saturated carbocycles. The van der Waals surface area contributed by atoms with Gasteiger partial charge in [0.1, 0.15) is 0 Å². The highest BCUT2D eigenvalue weighted by atomic mass is 19.2. The lowest BCUT2D eigenvalue weighted by Crippen LogP contribution is -2.36. The van der Waals surface area contributed by atoms with Crippen LogP contribution in [0.25, 0.3) is 0 Å². The second kappa shape index (κ2) is 7.72. The Kier molecular flexibility index (Phi) is 5.40. The van der Waals surface area contributed by atoms with Crippen molar-refractivity contribution in [2.24, 2.45) is 0 Å². The number of hydrogen-bond acceptors (Lipinski definition) is 3. The van der Waals surface area contributed by atoms with Crippen LogP contribution in [0, 0.1) is 11.6 Å². The van der Waals surface area contributed by atoms with Crippen LogP contribution < -0.4 is 9.47 Å². The van der Waals surface area contributed by atoms with Crippen LogP contribution in [0.15, 0.2) is 30.3 Å². The molecule has 2 aromatic rings. The highest BCUT2D eigenvalue weighted by Gasteiger charge is 2.24. The Morgan fingerprint density at radius 3 is 2.27 bits per heavy atom. The maximum absolute atomic E-state index is 13.4. The monoisotopic (exact) mass is 361 g/mol. The zero-order valence-electron chi connectivity index (χ0n) is 14.9. The number of hydrogen-bond donors (Lipinski definition) is 0. The van der Waals surface area contributed by atoms with E-state index in [0.717, 1.165) is 23.3 Å². The summed E-state index contributed by atoms with van der Waals surface area (Å²) in [7, 11) is 0. The molecule has 3 rings (SSSR count). The molecule has 26 heavy (non-hydrogen) atoms. The molecule has 0 saturated heterocycles. The Labute approximate surface area is 151 Å². The molecule has 4 nitrogen and oxygen atoms in total. The van der Waals surface area contributed by atoms with Gasteiger partial charge in [0, 0.05) is 18.7 Å². The van der Waals surface area contributed by atoms with E-state index in [0.29, 0.717) is 44.2 Å². The topological polar surface area (TPSA) is 38.8 Å². The van der Waals surface area contributed by atoms with Crippen molar-refractivity contribution in [2.75, 3.05) is 19.8 Å². The molecule has 0 radical (unpaired) electrons. The van der Waals surface area contributed by atoms with Crippen LogP contribution >= 0.6 is 0 Å². The molecule has 138 valence electrons. The number of ether oxygens (including phenoxy) is 2. The van der Waals surface area contributed by atoms with Crippen LogP contribution in [0.2, 0.25) is 0 Å². The van der Waals surface area contributed by atoms with E-state index in [9.17, 15) is 13.6 Å². The first kappa shape index (κ1) is 18.2. The van der Waals surface area contributed by atoms with Gasteiger partial charge in [-0.05, 0) is 61.7 Å². The summed E-state index contributed by atoms with van der Waals surface area (Å²) in [6.45, 7) is 5.76. The number of rotatable bonds is 5. The number of benzene rings is 2. The third-order valence-corrected chi connectivity index (χ3v) is 4.33. The van der Waals surface area contributed by atoms with Crippen LogP contribution in [0.5, 0.6) is 11.5 Å². The van der Waals surface area contributed by atoms with Gasteiger partial charge in [0.15, 0.2) is 23.1 Å². The summed E-state index contributed by atoms with van der Waals surface area (Å²) >= 11 is 0. The minimum absolute atomic E-state index is 0.142. The number of halogens is 2. The van der Waals surface area contributed by atoms with Gasteiger partial charge in [0.05, 0.1) is 13.2 Å². The number of fused-ring (bicyclic) bond motifs is 1. The van der Waals surface area contributed by atoms with Gasteiger partial charge in [0.2, 0.25) is 0 Å². The average molecular weight is 361 g/mol. The standard InChI is InChI=1S/C20H21F2NO3/c1-3-25-18-10-13-7-8-23(12-15(13)11-19(18)26-4-2)20(24)14-5-6-16(21)17(22)9-14/h5-6,9-11H,3-4,7-8,12H2,1-2H3. The normalized spacial score (nSPS) is 13.3. The van der Waals surface area contributed by atoms with Gasteiger partial charge in [-0.2, -0.15) is 0 Å².